The van der Waals surface area contributed by atoms with Crippen LogP contribution >= 0.6 is 0 Å². The molecule has 5 aliphatic carbocycles. The van der Waals surface area contributed by atoms with Gasteiger partial charge in [-0.25, -0.2) is 0 Å². The zero-order valence-electron chi connectivity index (χ0n) is 24.1. The largest absolute Gasteiger partial charge is 0.481 e. The van der Waals surface area contributed by atoms with Gasteiger partial charge >= 0.3 is 11.9 Å². The summed E-state index contributed by atoms with van der Waals surface area (Å²) >= 11 is 0. The van der Waals surface area contributed by atoms with Gasteiger partial charge in [0.15, 0.2) is 0 Å². The number of ether oxygens (including phenoxy) is 1. The Bertz CT molecular complexity index is 985. The zero-order valence-corrected chi connectivity index (χ0v) is 24.1. The van der Waals surface area contributed by atoms with Gasteiger partial charge in [0.1, 0.15) is 11.5 Å². The molecule has 5 rings (SSSR count). The summed E-state index contributed by atoms with van der Waals surface area (Å²) in [7, 11) is 0. The molecule has 4 fully saturated rings. The third-order valence-electron chi connectivity index (χ3n) is 13.8. The van der Waals surface area contributed by atoms with Gasteiger partial charge in [-0.3, -0.25) is 9.59 Å². The highest BCUT2D eigenvalue weighted by Crippen LogP contribution is 2.75. The van der Waals surface area contributed by atoms with Gasteiger partial charge in [-0.2, -0.15) is 0 Å². The number of carbonyl (C=O) groups excluding carboxylic acids is 1. The van der Waals surface area contributed by atoms with Crippen LogP contribution in [0.25, 0.3) is 0 Å². The molecule has 0 saturated heterocycles. The maximum Gasteiger partial charge on any atom is 0.313 e. The summed E-state index contributed by atoms with van der Waals surface area (Å²) in [4.78, 5) is 24.8. The Labute approximate surface area is 219 Å². The second-order valence-corrected chi connectivity index (χ2v) is 15.0. The van der Waals surface area contributed by atoms with Crippen LogP contribution in [0.1, 0.15) is 113 Å². The van der Waals surface area contributed by atoms with Crippen LogP contribution in [0.3, 0.4) is 0 Å². The number of allylic oxidation sites excluding steroid dienone is 2. The van der Waals surface area contributed by atoms with Gasteiger partial charge in [0, 0.05) is 6.92 Å². The Balaban J connectivity index is 1.57. The van der Waals surface area contributed by atoms with Crippen molar-refractivity contribution in [3.8, 4) is 0 Å². The number of aliphatic carboxylic acids is 1. The summed E-state index contributed by atoms with van der Waals surface area (Å²) in [5, 5.41) is 10.5. The van der Waals surface area contributed by atoms with E-state index in [9.17, 15) is 14.7 Å². The number of carboxylic acids is 1. The molecule has 36 heavy (non-hydrogen) atoms. The van der Waals surface area contributed by atoms with E-state index in [0.29, 0.717) is 23.7 Å². The molecule has 0 aliphatic heterocycles. The normalized spacial score (nSPS) is 54.2. The maximum atomic E-state index is 12.9. The van der Waals surface area contributed by atoms with Crippen molar-refractivity contribution in [3.63, 3.8) is 0 Å². The zero-order chi connectivity index (χ0) is 26.5. The summed E-state index contributed by atoms with van der Waals surface area (Å²) in [5.74, 6) is 1.47. The van der Waals surface area contributed by atoms with Gasteiger partial charge in [-0.15, -0.1) is 0 Å². The van der Waals surface area contributed by atoms with Crippen LogP contribution in [0, 0.1) is 56.7 Å². The van der Waals surface area contributed by atoms with E-state index in [1.165, 1.54) is 32.6 Å². The molecule has 0 bridgehead atoms. The van der Waals surface area contributed by atoms with E-state index in [-0.39, 0.29) is 28.1 Å². The first-order valence-corrected chi connectivity index (χ1v) is 14.8. The molecule has 1 N–H and O–H groups in total. The van der Waals surface area contributed by atoms with Crippen LogP contribution in [0.15, 0.2) is 11.6 Å². The molecule has 0 heterocycles. The van der Waals surface area contributed by atoms with Crippen molar-refractivity contribution in [3.05, 3.63) is 11.6 Å². The van der Waals surface area contributed by atoms with Crippen LogP contribution in [-0.2, 0) is 14.3 Å². The summed E-state index contributed by atoms with van der Waals surface area (Å²) in [6, 6.07) is 0. The molecule has 4 heteroatoms. The molecule has 0 aromatic heterocycles. The minimum Gasteiger partial charge on any atom is -0.481 e. The lowest BCUT2D eigenvalue weighted by Gasteiger charge is -2.71. The van der Waals surface area contributed by atoms with Gasteiger partial charge in [-0.05, 0) is 116 Å². The van der Waals surface area contributed by atoms with Crippen molar-refractivity contribution in [2.24, 2.45) is 56.7 Å². The summed E-state index contributed by atoms with van der Waals surface area (Å²) in [5.41, 5.74) is 1.40. The molecule has 4 nitrogen and oxygen atoms in total. The van der Waals surface area contributed by atoms with E-state index < -0.39 is 17.5 Å². The van der Waals surface area contributed by atoms with Crippen LogP contribution in [0.2, 0.25) is 0 Å². The molecule has 0 radical (unpaired) electrons. The Hall–Kier alpha value is -1.32. The summed E-state index contributed by atoms with van der Waals surface area (Å²) < 4.78 is 5.69. The number of carbonyl (C=O) groups is 2. The standard InChI is InChI=1S/C32H50O4/c1-19-11-14-28(4)17-18-30(6)22(26(28)20(19)2)9-10-23-29(5)15-13-25(36-21(3)33)32(8,27(34)35)24(29)12-16-31(23,30)7/h9,19-20,23-26H,10-18H2,1-8H3,(H,34,35)/t19-,20+,23-,24-,25-,26+,28-,29-,30-,31-,32-/m0/s1. The van der Waals surface area contributed by atoms with E-state index in [1.54, 1.807) is 5.57 Å². The number of hydrogen-bond donors (Lipinski definition) is 1. The lowest BCUT2D eigenvalue weighted by Crippen LogP contribution is -2.66. The quantitative estimate of drug-likeness (QED) is 0.313. The van der Waals surface area contributed by atoms with E-state index in [1.807, 2.05) is 6.92 Å². The number of fused-ring (bicyclic) bond motifs is 7. The molecule has 11 atom stereocenters. The fourth-order valence-electron chi connectivity index (χ4n) is 11.2. The second-order valence-electron chi connectivity index (χ2n) is 15.0. The predicted octanol–water partition coefficient (Wildman–Crippen LogP) is 7.66. The van der Waals surface area contributed by atoms with Gasteiger partial charge in [0.05, 0.1) is 0 Å². The first kappa shape index (κ1) is 26.3. The molecule has 0 spiro atoms. The highest BCUT2D eigenvalue weighted by atomic mass is 16.5. The monoisotopic (exact) mass is 498 g/mol. The van der Waals surface area contributed by atoms with Crippen molar-refractivity contribution in [2.75, 3.05) is 0 Å². The van der Waals surface area contributed by atoms with Crippen LogP contribution in [-0.4, -0.2) is 23.1 Å². The Morgan fingerprint density at radius 1 is 0.917 bits per heavy atom. The highest BCUT2D eigenvalue weighted by molar-refractivity contribution is 5.77. The average molecular weight is 499 g/mol. The fourth-order valence-corrected chi connectivity index (χ4v) is 11.2. The molecule has 5 aliphatic rings. The molecule has 202 valence electrons. The van der Waals surface area contributed by atoms with E-state index in [0.717, 1.165) is 37.5 Å². The van der Waals surface area contributed by atoms with Gasteiger partial charge < -0.3 is 9.84 Å². The third kappa shape index (κ3) is 3.17. The smallest absolute Gasteiger partial charge is 0.313 e. The Morgan fingerprint density at radius 3 is 2.25 bits per heavy atom. The lowest BCUT2D eigenvalue weighted by atomic mass is 9.33. The van der Waals surface area contributed by atoms with Crippen LogP contribution in [0.5, 0.6) is 0 Å². The first-order chi connectivity index (χ1) is 16.6. The van der Waals surface area contributed by atoms with E-state index in [4.69, 9.17) is 4.74 Å². The summed E-state index contributed by atoms with van der Waals surface area (Å²) in [6.45, 7) is 18.4. The molecular weight excluding hydrogens is 448 g/mol. The van der Waals surface area contributed by atoms with Crippen molar-refractivity contribution in [2.45, 2.75) is 119 Å². The molecule has 0 unspecified atom stereocenters. The van der Waals surface area contributed by atoms with E-state index >= 15 is 0 Å². The van der Waals surface area contributed by atoms with Gasteiger partial charge in [0.25, 0.3) is 0 Å². The summed E-state index contributed by atoms with van der Waals surface area (Å²) in [6.07, 6.45) is 12.0. The first-order valence-electron chi connectivity index (χ1n) is 14.8. The van der Waals surface area contributed by atoms with Crippen LogP contribution in [0.4, 0.5) is 0 Å². The Morgan fingerprint density at radius 2 is 1.61 bits per heavy atom. The Kier molecular flexibility index (Phi) is 5.91. The fraction of sp³-hybridized carbons (Fsp3) is 0.875. The molecule has 0 amide bonds. The molecule has 0 aromatic rings. The lowest BCUT2D eigenvalue weighted by molar-refractivity contribution is -0.223. The van der Waals surface area contributed by atoms with Crippen molar-refractivity contribution >= 4 is 11.9 Å². The number of esters is 1. The minimum atomic E-state index is -1.04. The minimum absolute atomic E-state index is 0.0136. The SMILES string of the molecule is CC(=O)O[C@H]1CC[C@]2(C)[C@H](CC[C@@]3(C)[C@H]2CC=C2[C@H]4[C@H](C)[C@@H](C)CC[C@@]4(C)CC[C@@]23C)[C@]1(C)C(=O)O. The number of carboxylic acid groups (broad SMARTS) is 1. The van der Waals surface area contributed by atoms with Crippen molar-refractivity contribution in [1.82, 2.24) is 0 Å². The average Bonchev–Trinajstić information content (AvgIpc) is 2.79. The second kappa shape index (κ2) is 8.09. The third-order valence-corrected chi connectivity index (χ3v) is 13.8. The molecular formula is C32H50O4. The maximum absolute atomic E-state index is 12.9. The molecule has 4 saturated carbocycles. The number of hydrogen-bond acceptors (Lipinski definition) is 3. The van der Waals surface area contributed by atoms with Gasteiger partial charge in [0.2, 0.25) is 0 Å². The van der Waals surface area contributed by atoms with Crippen molar-refractivity contribution in [1.29, 1.82) is 0 Å². The van der Waals surface area contributed by atoms with Crippen LogP contribution < -0.4 is 0 Å². The topological polar surface area (TPSA) is 63.6 Å². The van der Waals surface area contributed by atoms with Crippen molar-refractivity contribution < 1.29 is 19.4 Å². The number of rotatable bonds is 2. The highest BCUT2D eigenvalue weighted by Gasteiger charge is 2.70. The van der Waals surface area contributed by atoms with Gasteiger partial charge in [-0.1, -0.05) is 53.2 Å². The predicted molar refractivity (Wildman–Crippen MR) is 142 cm³/mol. The molecule has 0 aromatic carbocycles. The van der Waals surface area contributed by atoms with E-state index in [2.05, 4.69) is 47.6 Å².